The van der Waals surface area contributed by atoms with Crippen molar-refractivity contribution in [3.05, 3.63) is 54.1 Å². The van der Waals surface area contributed by atoms with Crippen LogP contribution in [0.2, 0.25) is 0 Å². The van der Waals surface area contributed by atoms with Crippen molar-refractivity contribution in [3.63, 3.8) is 0 Å². The molecule has 0 saturated heterocycles. The number of hydrogen-bond acceptors (Lipinski definition) is 4. The Balaban J connectivity index is 1.66. The first kappa shape index (κ1) is 22.1. The Kier molecular flexibility index (Phi) is 7.32. The molecule has 0 aromatic heterocycles. The van der Waals surface area contributed by atoms with Gasteiger partial charge in [0.2, 0.25) is 11.8 Å². The number of carbonyl (C=O) groups excluding carboxylic acids is 3. The molecule has 1 aliphatic carbocycles. The number of hydrogen-bond donors (Lipinski definition) is 2. The van der Waals surface area contributed by atoms with Crippen molar-refractivity contribution in [2.45, 2.75) is 57.3 Å². The highest BCUT2D eigenvalue weighted by Gasteiger charge is 2.34. The lowest BCUT2D eigenvalue weighted by molar-refractivity contribution is -0.126. The summed E-state index contributed by atoms with van der Waals surface area (Å²) < 4.78 is 0. The highest BCUT2D eigenvalue weighted by molar-refractivity contribution is 8.13. The maximum atomic E-state index is 12.9. The van der Waals surface area contributed by atoms with Gasteiger partial charge in [0.1, 0.15) is 0 Å². The van der Waals surface area contributed by atoms with Crippen molar-refractivity contribution >= 4 is 40.1 Å². The molecule has 0 bridgehead atoms. The predicted octanol–water partition coefficient (Wildman–Crippen LogP) is 5.42. The highest BCUT2D eigenvalue weighted by Crippen LogP contribution is 2.38. The van der Waals surface area contributed by atoms with Crippen LogP contribution in [0.15, 0.2) is 53.4 Å². The van der Waals surface area contributed by atoms with Crippen LogP contribution >= 0.6 is 11.8 Å². The summed E-state index contributed by atoms with van der Waals surface area (Å²) in [6.07, 6.45) is 5.38. The smallest absolute Gasteiger partial charge is 0.230 e. The Morgan fingerprint density at radius 3 is 2.43 bits per heavy atom. The van der Waals surface area contributed by atoms with E-state index >= 15 is 0 Å². The predicted molar refractivity (Wildman–Crippen MR) is 122 cm³/mol. The summed E-state index contributed by atoms with van der Waals surface area (Å²) in [6, 6.07) is 14.7. The van der Waals surface area contributed by atoms with E-state index in [0.717, 1.165) is 47.9 Å². The fourth-order valence-corrected chi connectivity index (χ4v) is 4.64. The number of thioether (sulfide) groups is 1. The number of anilines is 2. The summed E-state index contributed by atoms with van der Waals surface area (Å²) in [5.74, 6) is -0.116. The molecular weight excluding hydrogens is 396 g/mol. The Bertz CT molecular complexity index is 936. The molecule has 0 unspecified atom stereocenters. The molecule has 1 saturated carbocycles. The number of carbonyl (C=O) groups is 3. The fraction of sp³-hybridized carbons (Fsp3) is 0.375. The molecule has 5 nitrogen and oxygen atoms in total. The molecule has 2 aromatic rings. The molecule has 6 heteroatoms. The maximum Gasteiger partial charge on any atom is 0.230 e. The van der Waals surface area contributed by atoms with Gasteiger partial charge >= 0.3 is 0 Å². The molecule has 0 heterocycles. The standard InChI is InChI=1S/C24H28N2O3S/c1-17(27)25-19-10-8-9-18(15-19)16-22(28)30-21-12-5-4-11-20(21)26-23(29)24(2)13-6-3-7-14-24/h4-5,8-12,15H,3,6-7,13-14,16H2,1-2H3,(H,25,27)(H,26,29). The van der Waals surface area contributed by atoms with Gasteiger partial charge in [-0.2, -0.15) is 0 Å². The molecule has 1 aliphatic rings. The maximum absolute atomic E-state index is 12.9. The zero-order chi connectivity index (χ0) is 21.6. The monoisotopic (exact) mass is 424 g/mol. The van der Waals surface area contributed by atoms with Crippen LogP contribution in [0.4, 0.5) is 11.4 Å². The lowest BCUT2D eigenvalue weighted by atomic mass is 9.75. The Hall–Kier alpha value is -2.60. The van der Waals surface area contributed by atoms with Gasteiger partial charge in [0, 0.05) is 29.3 Å². The second-order valence-corrected chi connectivity index (χ2v) is 9.20. The van der Waals surface area contributed by atoms with Gasteiger partial charge in [0.15, 0.2) is 5.12 Å². The average Bonchev–Trinajstić information content (AvgIpc) is 2.69. The molecule has 0 spiro atoms. The highest BCUT2D eigenvalue weighted by atomic mass is 32.2. The molecular formula is C24H28N2O3S. The van der Waals surface area contributed by atoms with Crippen LogP contribution in [0.5, 0.6) is 0 Å². The van der Waals surface area contributed by atoms with E-state index in [4.69, 9.17) is 0 Å². The summed E-state index contributed by atoms with van der Waals surface area (Å²) in [6.45, 7) is 3.48. The first-order valence-electron chi connectivity index (χ1n) is 10.3. The van der Waals surface area contributed by atoms with Gasteiger partial charge in [-0.25, -0.2) is 0 Å². The summed E-state index contributed by atoms with van der Waals surface area (Å²) in [5, 5.41) is 5.76. The van der Waals surface area contributed by atoms with Crippen LogP contribution in [-0.4, -0.2) is 16.9 Å². The first-order valence-corrected chi connectivity index (χ1v) is 11.2. The van der Waals surface area contributed by atoms with Crippen molar-refractivity contribution in [2.75, 3.05) is 10.6 Å². The quantitative estimate of drug-likeness (QED) is 0.608. The Morgan fingerprint density at radius 1 is 0.967 bits per heavy atom. The molecule has 1 fully saturated rings. The molecule has 3 rings (SSSR count). The minimum Gasteiger partial charge on any atom is -0.326 e. The lowest BCUT2D eigenvalue weighted by Gasteiger charge is -2.32. The average molecular weight is 425 g/mol. The van der Waals surface area contributed by atoms with E-state index in [9.17, 15) is 14.4 Å². The van der Waals surface area contributed by atoms with Crippen molar-refractivity contribution in [1.82, 2.24) is 0 Å². The van der Waals surface area contributed by atoms with E-state index in [2.05, 4.69) is 10.6 Å². The SMILES string of the molecule is CC(=O)Nc1cccc(CC(=O)Sc2ccccc2NC(=O)C2(C)CCCCC2)c1. The van der Waals surface area contributed by atoms with Crippen LogP contribution < -0.4 is 10.6 Å². The number of amides is 2. The minimum absolute atomic E-state index is 0.0273. The molecule has 0 aliphatic heterocycles. The van der Waals surface area contributed by atoms with E-state index in [1.165, 1.54) is 13.3 Å². The van der Waals surface area contributed by atoms with E-state index in [0.29, 0.717) is 11.4 Å². The summed E-state index contributed by atoms with van der Waals surface area (Å²) in [7, 11) is 0. The van der Waals surface area contributed by atoms with Gasteiger partial charge in [0.05, 0.1) is 5.69 Å². The summed E-state index contributed by atoms with van der Waals surface area (Å²) in [5.41, 5.74) is 1.84. The van der Waals surface area contributed by atoms with Crippen molar-refractivity contribution in [1.29, 1.82) is 0 Å². The number of benzene rings is 2. The minimum atomic E-state index is -0.343. The van der Waals surface area contributed by atoms with Gasteiger partial charge in [0.25, 0.3) is 0 Å². The molecule has 2 N–H and O–H groups in total. The normalized spacial score (nSPS) is 15.3. The molecule has 2 amide bonds. The van der Waals surface area contributed by atoms with E-state index in [1.807, 2.05) is 43.3 Å². The largest absolute Gasteiger partial charge is 0.326 e. The third kappa shape index (κ3) is 5.95. The van der Waals surface area contributed by atoms with Crippen molar-refractivity contribution in [3.8, 4) is 0 Å². The van der Waals surface area contributed by atoms with Crippen molar-refractivity contribution < 1.29 is 14.4 Å². The molecule has 158 valence electrons. The molecule has 2 aromatic carbocycles. The molecule has 0 atom stereocenters. The third-order valence-electron chi connectivity index (χ3n) is 5.46. The zero-order valence-corrected chi connectivity index (χ0v) is 18.3. The van der Waals surface area contributed by atoms with Gasteiger partial charge in [-0.3, -0.25) is 14.4 Å². The van der Waals surface area contributed by atoms with Gasteiger partial charge in [-0.1, -0.05) is 50.5 Å². The Morgan fingerprint density at radius 2 is 1.70 bits per heavy atom. The van der Waals surface area contributed by atoms with E-state index < -0.39 is 0 Å². The summed E-state index contributed by atoms with van der Waals surface area (Å²) in [4.78, 5) is 37.6. The van der Waals surface area contributed by atoms with Crippen LogP contribution in [-0.2, 0) is 20.8 Å². The Labute approximate surface area is 182 Å². The number of rotatable bonds is 6. The van der Waals surface area contributed by atoms with Gasteiger partial charge in [-0.05, 0) is 54.4 Å². The molecule has 0 radical (unpaired) electrons. The van der Waals surface area contributed by atoms with Crippen LogP contribution in [0.1, 0.15) is 51.5 Å². The van der Waals surface area contributed by atoms with Crippen LogP contribution in [0.3, 0.4) is 0 Å². The van der Waals surface area contributed by atoms with Gasteiger partial charge < -0.3 is 10.6 Å². The summed E-state index contributed by atoms with van der Waals surface area (Å²) >= 11 is 1.13. The topological polar surface area (TPSA) is 75.3 Å². The second kappa shape index (κ2) is 9.94. The van der Waals surface area contributed by atoms with Crippen molar-refractivity contribution in [2.24, 2.45) is 5.41 Å². The second-order valence-electron chi connectivity index (χ2n) is 8.10. The molecule has 30 heavy (non-hydrogen) atoms. The van der Waals surface area contributed by atoms with Crippen LogP contribution in [0, 0.1) is 5.41 Å². The third-order valence-corrected chi connectivity index (χ3v) is 6.41. The van der Waals surface area contributed by atoms with E-state index in [1.54, 1.807) is 12.1 Å². The first-order chi connectivity index (χ1) is 14.4. The fourth-order valence-electron chi connectivity index (χ4n) is 3.78. The van der Waals surface area contributed by atoms with Crippen LogP contribution in [0.25, 0.3) is 0 Å². The van der Waals surface area contributed by atoms with Gasteiger partial charge in [-0.15, -0.1) is 0 Å². The number of para-hydroxylation sites is 1. The van der Waals surface area contributed by atoms with E-state index in [-0.39, 0.29) is 28.8 Å². The zero-order valence-electron chi connectivity index (χ0n) is 17.5. The lowest BCUT2D eigenvalue weighted by Crippen LogP contribution is -2.35. The number of nitrogens with one attached hydrogen (secondary N) is 2.